The number of diazo groups is 1. The second-order valence-electron chi connectivity index (χ2n) is 3.32. The fourth-order valence-electron chi connectivity index (χ4n) is 1.58. The Morgan fingerprint density at radius 2 is 1.72 bits per heavy atom. The van der Waals surface area contributed by atoms with Gasteiger partial charge in [-0.15, -0.1) is 0 Å². The second kappa shape index (κ2) is 5.22. The Bertz CT molecular complexity index is 752. The van der Waals surface area contributed by atoms with Crippen LogP contribution in [0.15, 0.2) is 35.2 Å². The number of fused-ring (bicyclic) bond motifs is 1. The summed E-state index contributed by atoms with van der Waals surface area (Å²) in [5.41, 5.74) is -0.474. The first-order valence-electron chi connectivity index (χ1n) is 4.49. The smallest absolute Gasteiger partial charge is 0.867 e. The molecule has 0 N–H and O–H groups in total. The minimum atomic E-state index is -4.74. The number of nitrogens with zero attached hydrogens (tertiary/aromatic N) is 2. The zero-order valence-corrected chi connectivity index (χ0v) is 12.1. The van der Waals surface area contributed by atoms with Gasteiger partial charge in [0.1, 0.15) is 10.1 Å². The van der Waals surface area contributed by atoms with E-state index in [1.54, 1.807) is 0 Å². The van der Waals surface area contributed by atoms with Gasteiger partial charge in [0, 0.05) is 0 Å². The van der Waals surface area contributed by atoms with Crippen LogP contribution in [0.2, 0.25) is 0 Å². The molecule has 0 saturated carbocycles. The van der Waals surface area contributed by atoms with Crippen molar-refractivity contribution in [3.8, 4) is 5.75 Å². The van der Waals surface area contributed by atoms with Crippen LogP contribution in [-0.4, -0.2) is 13.0 Å². The zero-order valence-electron chi connectivity index (χ0n) is 9.32. The summed E-state index contributed by atoms with van der Waals surface area (Å²) in [5.74, 6) is -0.629. The van der Waals surface area contributed by atoms with E-state index in [4.69, 9.17) is 5.39 Å². The van der Waals surface area contributed by atoms with Gasteiger partial charge in [0.2, 0.25) is 5.39 Å². The molecule has 0 fully saturated rings. The summed E-state index contributed by atoms with van der Waals surface area (Å²) in [7, 11) is -4.74. The minimum Gasteiger partial charge on any atom is -0.867 e. The monoisotopic (exact) mass is 272 g/mol. The first-order chi connectivity index (χ1) is 7.95. The van der Waals surface area contributed by atoms with Crippen molar-refractivity contribution < 1.29 is 47.6 Å². The third kappa shape index (κ3) is 2.48. The normalized spacial score (nSPS) is 10.7. The second-order valence-corrected chi connectivity index (χ2v) is 4.67. The molecular formula is C10H5N2NaO4S. The molecule has 2 rings (SSSR count). The molecule has 0 spiro atoms. The predicted octanol–water partition coefficient (Wildman–Crippen LogP) is -1.69. The summed E-state index contributed by atoms with van der Waals surface area (Å²) in [6, 6.07) is 6.51. The van der Waals surface area contributed by atoms with Gasteiger partial charge in [0.25, 0.3) is 0 Å². The van der Waals surface area contributed by atoms with Crippen LogP contribution >= 0.6 is 0 Å². The summed E-state index contributed by atoms with van der Waals surface area (Å²) in [5, 5.41) is 20.3. The SMILES string of the molecule is N#[N+]c1cc(S(=O)(=O)[O-])c2ccccc2c1[O-].[Na+]. The largest absolute Gasteiger partial charge is 1.00 e. The Morgan fingerprint density at radius 1 is 1.17 bits per heavy atom. The Labute approximate surface area is 125 Å². The molecule has 2 aromatic rings. The molecule has 0 bridgehead atoms. The van der Waals surface area contributed by atoms with E-state index in [2.05, 4.69) is 4.98 Å². The van der Waals surface area contributed by atoms with Crippen molar-refractivity contribution in [1.82, 2.24) is 0 Å². The maximum Gasteiger partial charge on any atom is 1.00 e. The van der Waals surface area contributed by atoms with E-state index < -0.39 is 26.5 Å². The molecule has 0 unspecified atom stereocenters. The summed E-state index contributed by atoms with van der Waals surface area (Å²) in [6.45, 7) is 0. The minimum absolute atomic E-state index is 0. The van der Waals surface area contributed by atoms with Crippen LogP contribution in [0.3, 0.4) is 0 Å². The number of hydrogen-bond donors (Lipinski definition) is 0. The van der Waals surface area contributed by atoms with Crippen LogP contribution in [-0.2, 0) is 10.1 Å². The molecular weight excluding hydrogens is 267 g/mol. The van der Waals surface area contributed by atoms with Crippen LogP contribution in [0, 0.1) is 5.39 Å². The maximum atomic E-state index is 11.7. The summed E-state index contributed by atoms with van der Waals surface area (Å²) in [6.07, 6.45) is 0. The molecule has 0 radical (unpaired) electrons. The molecule has 86 valence electrons. The molecule has 0 heterocycles. The first-order valence-corrected chi connectivity index (χ1v) is 5.89. The van der Waals surface area contributed by atoms with Gasteiger partial charge in [-0.1, -0.05) is 24.3 Å². The van der Waals surface area contributed by atoms with E-state index in [-0.39, 0.29) is 40.3 Å². The van der Waals surface area contributed by atoms with Crippen molar-refractivity contribution in [2.24, 2.45) is 0 Å². The van der Waals surface area contributed by atoms with Gasteiger partial charge in [-0.2, -0.15) is 0 Å². The quantitative estimate of drug-likeness (QED) is 0.349. The van der Waals surface area contributed by atoms with Gasteiger partial charge in [-0.25, -0.2) is 8.42 Å². The van der Waals surface area contributed by atoms with Crippen molar-refractivity contribution in [2.75, 3.05) is 0 Å². The summed E-state index contributed by atoms with van der Waals surface area (Å²) >= 11 is 0. The van der Waals surface area contributed by atoms with E-state index in [0.717, 1.165) is 6.07 Å². The van der Waals surface area contributed by atoms with E-state index in [9.17, 15) is 18.1 Å². The topological polar surface area (TPSA) is 108 Å². The van der Waals surface area contributed by atoms with Crippen LogP contribution in [0.5, 0.6) is 5.75 Å². The summed E-state index contributed by atoms with van der Waals surface area (Å²) < 4.78 is 33.1. The molecule has 0 aliphatic heterocycles. The Morgan fingerprint density at radius 3 is 2.22 bits per heavy atom. The fourth-order valence-corrected chi connectivity index (χ4v) is 2.29. The van der Waals surface area contributed by atoms with Gasteiger partial charge in [0.05, 0.1) is 11.0 Å². The molecule has 0 saturated heterocycles. The predicted molar refractivity (Wildman–Crippen MR) is 56.1 cm³/mol. The van der Waals surface area contributed by atoms with Gasteiger partial charge in [-0.05, 0) is 16.5 Å². The number of rotatable bonds is 1. The average molecular weight is 272 g/mol. The molecule has 6 nitrogen and oxygen atoms in total. The molecule has 0 aliphatic carbocycles. The van der Waals surface area contributed by atoms with Crippen LogP contribution < -0.4 is 34.7 Å². The summed E-state index contributed by atoms with van der Waals surface area (Å²) in [4.78, 5) is 2.11. The van der Waals surface area contributed by atoms with Crippen LogP contribution in [0.4, 0.5) is 5.69 Å². The molecule has 0 amide bonds. The van der Waals surface area contributed by atoms with Gasteiger partial charge in [-0.3, -0.25) is 0 Å². The Hall–Kier alpha value is -1.17. The average Bonchev–Trinajstić information content (AvgIpc) is 2.28. The van der Waals surface area contributed by atoms with Gasteiger partial charge < -0.3 is 9.66 Å². The van der Waals surface area contributed by atoms with E-state index in [1.807, 2.05) is 0 Å². The first kappa shape index (κ1) is 14.9. The Balaban J connectivity index is 0.00000162. The number of hydrogen-bond acceptors (Lipinski definition) is 5. The van der Waals surface area contributed by atoms with Gasteiger partial charge >= 0.3 is 35.2 Å². The van der Waals surface area contributed by atoms with Crippen LogP contribution in [0.25, 0.3) is 15.7 Å². The molecule has 0 aromatic heterocycles. The third-order valence-corrected chi connectivity index (χ3v) is 3.19. The fraction of sp³-hybridized carbons (Fsp3) is 0. The van der Waals surface area contributed by atoms with E-state index in [1.165, 1.54) is 24.3 Å². The zero-order chi connectivity index (χ0) is 12.6. The van der Waals surface area contributed by atoms with Crippen molar-refractivity contribution in [1.29, 1.82) is 5.39 Å². The molecule has 8 heteroatoms. The van der Waals surface area contributed by atoms with E-state index >= 15 is 0 Å². The van der Waals surface area contributed by atoms with Crippen molar-refractivity contribution >= 4 is 26.6 Å². The maximum absolute atomic E-state index is 11.7. The molecule has 2 aromatic carbocycles. The molecule has 0 aliphatic rings. The molecule has 0 atom stereocenters. The van der Waals surface area contributed by atoms with E-state index in [0.29, 0.717) is 0 Å². The van der Waals surface area contributed by atoms with Crippen molar-refractivity contribution in [2.45, 2.75) is 4.90 Å². The van der Waals surface area contributed by atoms with Crippen LogP contribution in [0.1, 0.15) is 0 Å². The Kier molecular flexibility index (Phi) is 4.32. The number of benzene rings is 2. The third-order valence-electron chi connectivity index (χ3n) is 2.31. The molecule has 18 heavy (non-hydrogen) atoms. The van der Waals surface area contributed by atoms with Crippen molar-refractivity contribution in [3.05, 3.63) is 35.3 Å². The standard InChI is InChI=1S/C10H6N2O4S.Na/c11-12-8-5-9(17(14,15)16)6-3-1-2-4-7(6)10(8)13;/h1-5H,(H-,13,14,15,16);/q;+1/p-1. The van der Waals surface area contributed by atoms with Crippen molar-refractivity contribution in [3.63, 3.8) is 0 Å². The van der Waals surface area contributed by atoms with Gasteiger partial charge in [0.15, 0.2) is 4.98 Å².